The summed E-state index contributed by atoms with van der Waals surface area (Å²) in [6, 6.07) is 9.40. The van der Waals surface area contributed by atoms with E-state index >= 15 is 0 Å². The van der Waals surface area contributed by atoms with E-state index in [4.69, 9.17) is 16.1 Å². The average Bonchev–Trinajstić information content (AvgIpc) is 2.19. The molecule has 3 N–H and O–H groups in total. The molecule has 0 saturated heterocycles. The smallest absolute Gasteiger partial charge is 0.0816 e. The van der Waals surface area contributed by atoms with Gasteiger partial charge in [-0.25, -0.2) is 0 Å². The van der Waals surface area contributed by atoms with Crippen molar-refractivity contribution >= 4 is 5.69 Å². The van der Waals surface area contributed by atoms with E-state index in [-0.39, 0.29) is 6.61 Å². The highest BCUT2D eigenvalue weighted by Gasteiger charge is 2.25. The first-order chi connectivity index (χ1) is 6.62. The standard InChI is InChI=1S/C11H14N2O/c1-11(8-12,6-7-14)9-2-4-10(13)5-3-9/h2-5,14H,6-7,13H2,1H3. The van der Waals surface area contributed by atoms with Gasteiger partial charge < -0.3 is 10.8 Å². The molecule has 1 atom stereocenters. The van der Waals surface area contributed by atoms with Crippen molar-refractivity contribution in [1.82, 2.24) is 0 Å². The fraction of sp³-hybridized carbons (Fsp3) is 0.364. The van der Waals surface area contributed by atoms with Gasteiger partial charge in [0.1, 0.15) is 0 Å². The van der Waals surface area contributed by atoms with E-state index in [1.165, 1.54) is 0 Å². The zero-order valence-corrected chi connectivity index (χ0v) is 8.20. The molecular formula is C11H14N2O. The minimum absolute atomic E-state index is 0.00837. The van der Waals surface area contributed by atoms with Gasteiger partial charge in [-0.05, 0) is 31.0 Å². The topological polar surface area (TPSA) is 70.0 Å². The monoisotopic (exact) mass is 190 g/mol. The molecular weight excluding hydrogens is 176 g/mol. The highest BCUT2D eigenvalue weighted by Crippen LogP contribution is 2.26. The summed E-state index contributed by atoms with van der Waals surface area (Å²) in [5.74, 6) is 0. The van der Waals surface area contributed by atoms with Crippen LogP contribution in [0.2, 0.25) is 0 Å². The van der Waals surface area contributed by atoms with Gasteiger partial charge in [0.05, 0.1) is 11.5 Å². The lowest BCUT2D eigenvalue weighted by Gasteiger charge is -2.20. The molecule has 1 unspecified atom stereocenters. The zero-order valence-electron chi connectivity index (χ0n) is 8.20. The van der Waals surface area contributed by atoms with Gasteiger partial charge in [-0.1, -0.05) is 12.1 Å². The number of hydrogen-bond acceptors (Lipinski definition) is 3. The number of nitrogens with two attached hydrogens (primary N) is 1. The van der Waals surface area contributed by atoms with Crippen LogP contribution >= 0.6 is 0 Å². The van der Waals surface area contributed by atoms with Crippen molar-refractivity contribution in [3.63, 3.8) is 0 Å². The summed E-state index contributed by atoms with van der Waals surface area (Å²) >= 11 is 0. The number of nitrogen functional groups attached to an aromatic ring is 1. The Morgan fingerprint density at radius 1 is 1.43 bits per heavy atom. The molecule has 1 rings (SSSR count). The minimum Gasteiger partial charge on any atom is -0.399 e. The van der Waals surface area contributed by atoms with E-state index < -0.39 is 5.41 Å². The summed E-state index contributed by atoms with van der Waals surface area (Å²) in [6.07, 6.45) is 0.438. The largest absolute Gasteiger partial charge is 0.399 e. The Hall–Kier alpha value is -1.53. The molecule has 0 fully saturated rings. The second-order valence-corrected chi connectivity index (χ2v) is 3.54. The first-order valence-corrected chi connectivity index (χ1v) is 4.50. The molecule has 74 valence electrons. The van der Waals surface area contributed by atoms with Gasteiger partial charge in [-0.15, -0.1) is 0 Å². The zero-order chi connectivity index (χ0) is 10.6. The second-order valence-electron chi connectivity index (χ2n) is 3.54. The Bertz CT molecular complexity index is 339. The maximum absolute atomic E-state index is 9.05. The maximum atomic E-state index is 9.05. The third kappa shape index (κ3) is 2.04. The number of aliphatic hydroxyl groups excluding tert-OH is 1. The molecule has 0 amide bonds. The van der Waals surface area contributed by atoms with Crippen molar-refractivity contribution < 1.29 is 5.11 Å². The van der Waals surface area contributed by atoms with Crippen LogP contribution < -0.4 is 5.73 Å². The molecule has 0 saturated carbocycles. The van der Waals surface area contributed by atoms with Crippen LogP contribution in [0.25, 0.3) is 0 Å². The Kier molecular flexibility index (Phi) is 3.10. The van der Waals surface area contributed by atoms with Crippen molar-refractivity contribution in [3.8, 4) is 6.07 Å². The molecule has 0 radical (unpaired) electrons. The predicted molar refractivity (Wildman–Crippen MR) is 55.5 cm³/mol. The number of nitriles is 1. The van der Waals surface area contributed by atoms with Crippen molar-refractivity contribution in [3.05, 3.63) is 29.8 Å². The van der Waals surface area contributed by atoms with Gasteiger partial charge in [-0.2, -0.15) is 5.26 Å². The van der Waals surface area contributed by atoms with E-state index in [1.807, 2.05) is 19.1 Å². The van der Waals surface area contributed by atoms with E-state index in [1.54, 1.807) is 12.1 Å². The molecule has 3 heteroatoms. The Morgan fingerprint density at radius 2 is 2.00 bits per heavy atom. The summed E-state index contributed by atoms with van der Waals surface area (Å²) in [5.41, 5.74) is 6.50. The number of benzene rings is 1. The molecule has 0 aliphatic carbocycles. The summed E-state index contributed by atoms with van der Waals surface area (Å²) in [6.45, 7) is 1.82. The van der Waals surface area contributed by atoms with Gasteiger partial charge in [0.25, 0.3) is 0 Å². The lowest BCUT2D eigenvalue weighted by Crippen LogP contribution is -2.21. The molecule has 3 nitrogen and oxygen atoms in total. The lowest BCUT2D eigenvalue weighted by atomic mass is 9.81. The van der Waals surface area contributed by atoms with E-state index in [2.05, 4.69) is 6.07 Å². The number of anilines is 1. The lowest BCUT2D eigenvalue weighted by molar-refractivity contribution is 0.264. The van der Waals surface area contributed by atoms with Gasteiger partial charge >= 0.3 is 0 Å². The number of rotatable bonds is 3. The number of nitrogens with zero attached hydrogens (tertiary/aromatic N) is 1. The van der Waals surface area contributed by atoms with Crippen LogP contribution in [0.1, 0.15) is 18.9 Å². The van der Waals surface area contributed by atoms with Gasteiger partial charge in [0.15, 0.2) is 0 Å². The van der Waals surface area contributed by atoms with Crippen LogP contribution in [-0.2, 0) is 5.41 Å². The van der Waals surface area contributed by atoms with Crippen LogP contribution in [0.5, 0.6) is 0 Å². The van der Waals surface area contributed by atoms with Crippen LogP contribution in [0.15, 0.2) is 24.3 Å². The summed E-state index contributed by atoms with van der Waals surface area (Å²) < 4.78 is 0. The van der Waals surface area contributed by atoms with Crippen LogP contribution in [0, 0.1) is 11.3 Å². The first-order valence-electron chi connectivity index (χ1n) is 4.50. The molecule has 1 aromatic carbocycles. The maximum Gasteiger partial charge on any atom is 0.0816 e. The van der Waals surface area contributed by atoms with Crippen molar-refractivity contribution in [2.24, 2.45) is 0 Å². The van der Waals surface area contributed by atoms with Crippen LogP contribution in [-0.4, -0.2) is 11.7 Å². The quantitative estimate of drug-likeness (QED) is 0.708. The molecule has 0 bridgehead atoms. The molecule has 0 aliphatic heterocycles. The fourth-order valence-electron chi connectivity index (χ4n) is 1.34. The van der Waals surface area contributed by atoms with Gasteiger partial charge in [0, 0.05) is 12.3 Å². The van der Waals surface area contributed by atoms with E-state index in [0.717, 1.165) is 5.56 Å². The molecule has 14 heavy (non-hydrogen) atoms. The fourth-order valence-corrected chi connectivity index (χ4v) is 1.34. The minimum atomic E-state index is -0.623. The highest BCUT2D eigenvalue weighted by atomic mass is 16.3. The predicted octanol–water partition coefficient (Wildman–Crippen LogP) is 1.43. The molecule has 0 heterocycles. The number of aliphatic hydroxyl groups is 1. The highest BCUT2D eigenvalue weighted by molar-refractivity contribution is 5.43. The molecule has 1 aromatic rings. The number of hydrogen-bond donors (Lipinski definition) is 2. The van der Waals surface area contributed by atoms with Crippen molar-refractivity contribution in [2.45, 2.75) is 18.8 Å². The Morgan fingerprint density at radius 3 is 2.43 bits per heavy atom. The van der Waals surface area contributed by atoms with Crippen molar-refractivity contribution in [2.75, 3.05) is 12.3 Å². The van der Waals surface area contributed by atoms with E-state index in [9.17, 15) is 0 Å². The Balaban J connectivity index is 3.01. The Labute approximate surface area is 83.8 Å². The third-order valence-corrected chi connectivity index (χ3v) is 2.41. The molecule has 0 aliphatic rings. The van der Waals surface area contributed by atoms with Crippen LogP contribution in [0.3, 0.4) is 0 Å². The average molecular weight is 190 g/mol. The summed E-state index contributed by atoms with van der Waals surface area (Å²) in [5, 5.41) is 17.9. The molecule has 0 aromatic heterocycles. The third-order valence-electron chi connectivity index (χ3n) is 2.41. The van der Waals surface area contributed by atoms with Crippen LogP contribution in [0.4, 0.5) is 5.69 Å². The van der Waals surface area contributed by atoms with E-state index in [0.29, 0.717) is 12.1 Å². The summed E-state index contributed by atoms with van der Waals surface area (Å²) in [7, 11) is 0. The summed E-state index contributed by atoms with van der Waals surface area (Å²) in [4.78, 5) is 0. The normalized spacial score (nSPS) is 14.4. The second kappa shape index (κ2) is 4.12. The van der Waals surface area contributed by atoms with Crippen molar-refractivity contribution in [1.29, 1.82) is 5.26 Å². The van der Waals surface area contributed by atoms with Gasteiger partial charge in [0.2, 0.25) is 0 Å². The van der Waals surface area contributed by atoms with Gasteiger partial charge in [-0.3, -0.25) is 0 Å². The first kappa shape index (κ1) is 10.6. The molecule has 0 spiro atoms. The SMILES string of the molecule is CC(C#N)(CCO)c1ccc(N)cc1.